The van der Waals surface area contributed by atoms with Crippen molar-refractivity contribution in [2.24, 2.45) is 7.05 Å². The van der Waals surface area contributed by atoms with E-state index in [1.807, 2.05) is 0 Å². The van der Waals surface area contributed by atoms with Crippen molar-refractivity contribution < 1.29 is 9.53 Å². The molecule has 3 heterocycles. The molecule has 0 bridgehead atoms. The maximum Gasteiger partial charge on any atom is 0.328 e. The molecule has 1 amide bonds. The minimum absolute atomic E-state index is 0.0610. The summed E-state index contributed by atoms with van der Waals surface area (Å²) in [5.41, 5.74) is -1.27. The molecule has 0 radical (unpaired) electrons. The van der Waals surface area contributed by atoms with Crippen LogP contribution in [0.4, 0.5) is 0 Å². The highest BCUT2D eigenvalue weighted by atomic mass is 16.5. The van der Waals surface area contributed by atoms with Gasteiger partial charge in [0, 0.05) is 13.2 Å². The molecule has 2 aliphatic heterocycles. The Labute approximate surface area is 127 Å². The molecule has 0 spiro atoms. The minimum atomic E-state index is -0.669. The van der Waals surface area contributed by atoms with Crippen molar-refractivity contribution in [2.45, 2.75) is 24.9 Å². The summed E-state index contributed by atoms with van der Waals surface area (Å²) >= 11 is 0. The first-order chi connectivity index (χ1) is 10.6. The van der Waals surface area contributed by atoms with Crippen LogP contribution >= 0.6 is 0 Å². The molecular formula is C14H20N4O4. The smallest absolute Gasteiger partial charge is 0.328 e. The first kappa shape index (κ1) is 15.0. The number of nitrogens with one attached hydrogen (secondary N) is 2. The van der Waals surface area contributed by atoms with Gasteiger partial charge in [-0.25, -0.2) is 4.79 Å². The summed E-state index contributed by atoms with van der Waals surface area (Å²) in [6.07, 6.45) is 3.59. The summed E-state index contributed by atoms with van der Waals surface area (Å²) in [4.78, 5) is 39.9. The van der Waals surface area contributed by atoms with Crippen molar-refractivity contribution in [3.05, 3.63) is 32.6 Å². The van der Waals surface area contributed by atoms with Gasteiger partial charge in [0.2, 0.25) is 0 Å². The van der Waals surface area contributed by atoms with Gasteiger partial charge in [0.05, 0.1) is 25.3 Å². The standard InChI is InChI=1S/C14H20N4O4/c1-17-6-9(13(20)16-14(17)21)12(19)15-10-7-22-8-11(10)18-4-2-3-5-18/h6,10-11H,2-5,7-8H2,1H3,(H,15,19)(H,16,20,21)/t10-,11-/m0/s1. The second-order valence-corrected chi connectivity index (χ2v) is 5.84. The second kappa shape index (κ2) is 6.05. The van der Waals surface area contributed by atoms with Crippen LogP contribution in [-0.4, -0.2) is 58.7 Å². The van der Waals surface area contributed by atoms with Crippen molar-refractivity contribution >= 4 is 5.91 Å². The third-order valence-corrected chi connectivity index (χ3v) is 4.33. The zero-order valence-electron chi connectivity index (χ0n) is 12.5. The fraction of sp³-hybridized carbons (Fsp3) is 0.643. The quantitative estimate of drug-likeness (QED) is 0.721. The Morgan fingerprint density at radius 3 is 2.77 bits per heavy atom. The van der Waals surface area contributed by atoms with Crippen LogP contribution in [0.5, 0.6) is 0 Å². The van der Waals surface area contributed by atoms with E-state index in [1.165, 1.54) is 17.8 Å². The third-order valence-electron chi connectivity index (χ3n) is 4.33. The van der Waals surface area contributed by atoms with Crippen LogP contribution in [0.2, 0.25) is 0 Å². The highest BCUT2D eigenvalue weighted by Gasteiger charge is 2.35. The molecule has 2 N–H and O–H groups in total. The van der Waals surface area contributed by atoms with Gasteiger partial charge in [-0.1, -0.05) is 0 Å². The number of amides is 1. The Bertz CT molecular complexity index is 674. The molecule has 0 unspecified atom stereocenters. The van der Waals surface area contributed by atoms with Crippen LogP contribution < -0.4 is 16.6 Å². The molecule has 2 atom stereocenters. The SMILES string of the molecule is Cn1cc(C(=O)N[C@H]2COC[C@@H]2N2CCCC2)c(=O)[nH]c1=O. The number of aromatic nitrogens is 2. The minimum Gasteiger partial charge on any atom is -0.378 e. The first-order valence-corrected chi connectivity index (χ1v) is 7.49. The zero-order valence-corrected chi connectivity index (χ0v) is 12.5. The predicted molar refractivity (Wildman–Crippen MR) is 79.0 cm³/mol. The van der Waals surface area contributed by atoms with E-state index in [2.05, 4.69) is 15.2 Å². The van der Waals surface area contributed by atoms with Gasteiger partial charge in [-0.2, -0.15) is 0 Å². The Morgan fingerprint density at radius 2 is 2.05 bits per heavy atom. The van der Waals surface area contributed by atoms with Crippen molar-refractivity contribution in [2.75, 3.05) is 26.3 Å². The van der Waals surface area contributed by atoms with Crippen molar-refractivity contribution in [1.82, 2.24) is 19.8 Å². The maximum atomic E-state index is 12.3. The Morgan fingerprint density at radius 1 is 1.32 bits per heavy atom. The third kappa shape index (κ3) is 2.84. The molecule has 22 heavy (non-hydrogen) atoms. The number of hydrogen-bond acceptors (Lipinski definition) is 5. The molecule has 0 saturated carbocycles. The largest absolute Gasteiger partial charge is 0.378 e. The number of likely N-dealkylation sites (tertiary alicyclic amines) is 1. The lowest BCUT2D eigenvalue weighted by atomic mass is 10.1. The van der Waals surface area contributed by atoms with Gasteiger partial charge in [-0.15, -0.1) is 0 Å². The maximum absolute atomic E-state index is 12.3. The number of carbonyl (C=O) groups is 1. The zero-order chi connectivity index (χ0) is 15.7. The van der Waals surface area contributed by atoms with Gasteiger partial charge in [0.1, 0.15) is 5.56 Å². The second-order valence-electron chi connectivity index (χ2n) is 5.84. The number of ether oxygens (including phenoxy) is 1. The van der Waals surface area contributed by atoms with Crippen molar-refractivity contribution in [3.8, 4) is 0 Å². The van der Waals surface area contributed by atoms with Gasteiger partial charge >= 0.3 is 5.69 Å². The number of carbonyl (C=O) groups excluding carboxylic acids is 1. The molecule has 3 rings (SSSR count). The van der Waals surface area contributed by atoms with Gasteiger partial charge < -0.3 is 14.6 Å². The van der Waals surface area contributed by atoms with Crippen molar-refractivity contribution in [1.29, 1.82) is 0 Å². The van der Waals surface area contributed by atoms with Crippen LogP contribution in [0.25, 0.3) is 0 Å². The Hall–Kier alpha value is -1.93. The highest BCUT2D eigenvalue weighted by molar-refractivity contribution is 5.93. The average molecular weight is 308 g/mol. The van der Waals surface area contributed by atoms with E-state index in [-0.39, 0.29) is 17.6 Å². The van der Waals surface area contributed by atoms with Crippen molar-refractivity contribution in [3.63, 3.8) is 0 Å². The lowest BCUT2D eigenvalue weighted by molar-refractivity contribution is 0.0914. The molecule has 1 aromatic heterocycles. The average Bonchev–Trinajstić information content (AvgIpc) is 3.13. The lowest BCUT2D eigenvalue weighted by Gasteiger charge is -2.27. The fourth-order valence-corrected chi connectivity index (χ4v) is 3.09. The molecule has 0 aromatic carbocycles. The molecule has 2 saturated heterocycles. The summed E-state index contributed by atoms with van der Waals surface area (Å²) in [5.74, 6) is -0.475. The van der Waals surface area contributed by atoms with E-state index in [9.17, 15) is 14.4 Å². The summed E-state index contributed by atoms with van der Waals surface area (Å²) in [6, 6.07) is 0.0142. The van der Waals surface area contributed by atoms with Gasteiger partial charge in [-0.05, 0) is 25.9 Å². The van der Waals surface area contributed by atoms with E-state index in [0.717, 1.165) is 25.9 Å². The molecule has 2 aliphatic rings. The molecule has 8 heteroatoms. The summed E-state index contributed by atoms with van der Waals surface area (Å²) in [5, 5.41) is 2.87. The predicted octanol–water partition coefficient (Wildman–Crippen LogP) is -1.33. The number of aromatic amines is 1. The molecule has 1 aromatic rings. The number of hydrogen-bond donors (Lipinski definition) is 2. The number of rotatable bonds is 3. The molecule has 8 nitrogen and oxygen atoms in total. The Balaban J connectivity index is 1.75. The molecule has 2 fully saturated rings. The fourth-order valence-electron chi connectivity index (χ4n) is 3.09. The van der Waals surface area contributed by atoms with E-state index < -0.39 is 17.2 Å². The normalized spacial score (nSPS) is 25.5. The summed E-state index contributed by atoms with van der Waals surface area (Å²) in [6.45, 7) is 3.06. The topological polar surface area (TPSA) is 96.4 Å². The highest BCUT2D eigenvalue weighted by Crippen LogP contribution is 2.19. The molecular weight excluding hydrogens is 288 g/mol. The van der Waals surface area contributed by atoms with Crippen LogP contribution in [0.15, 0.2) is 15.8 Å². The Kier molecular flexibility index (Phi) is 4.12. The number of aryl methyl sites for hydroxylation is 1. The number of H-pyrrole nitrogens is 1. The van der Waals surface area contributed by atoms with Gasteiger partial charge in [-0.3, -0.25) is 19.5 Å². The molecule has 120 valence electrons. The van der Waals surface area contributed by atoms with Crippen LogP contribution in [0.3, 0.4) is 0 Å². The number of nitrogens with zero attached hydrogens (tertiary/aromatic N) is 2. The summed E-state index contributed by atoms with van der Waals surface area (Å²) < 4.78 is 6.67. The molecule has 0 aliphatic carbocycles. The van der Waals surface area contributed by atoms with Gasteiger partial charge in [0.15, 0.2) is 0 Å². The summed E-state index contributed by atoms with van der Waals surface area (Å²) in [7, 11) is 1.49. The van der Waals surface area contributed by atoms with Crippen LogP contribution in [0.1, 0.15) is 23.2 Å². The van der Waals surface area contributed by atoms with E-state index in [0.29, 0.717) is 13.2 Å². The van der Waals surface area contributed by atoms with Gasteiger partial charge in [0.25, 0.3) is 11.5 Å². The monoisotopic (exact) mass is 308 g/mol. The lowest BCUT2D eigenvalue weighted by Crippen LogP contribution is -2.51. The van der Waals surface area contributed by atoms with E-state index in [4.69, 9.17) is 4.74 Å². The van der Waals surface area contributed by atoms with Crippen LogP contribution in [0, 0.1) is 0 Å². The first-order valence-electron chi connectivity index (χ1n) is 7.49. The van der Waals surface area contributed by atoms with E-state index >= 15 is 0 Å². The van der Waals surface area contributed by atoms with Crippen LogP contribution in [-0.2, 0) is 11.8 Å². The van der Waals surface area contributed by atoms with E-state index in [1.54, 1.807) is 0 Å².